The quantitative estimate of drug-likeness (QED) is 0.0928. The number of benzene rings is 1. The number of phenolic OH excluding ortho intramolecular Hbond substituents is 1. The summed E-state index contributed by atoms with van der Waals surface area (Å²) >= 11 is 0. The Morgan fingerprint density at radius 1 is 1.05 bits per heavy atom. The van der Waals surface area contributed by atoms with Gasteiger partial charge in [0.25, 0.3) is 0 Å². The molecule has 12 atom stereocenters. The maximum atomic E-state index is 12.0. The van der Waals surface area contributed by atoms with Crippen LogP contribution in [-0.2, 0) is 6.42 Å². The van der Waals surface area contributed by atoms with Gasteiger partial charge in [0.2, 0.25) is 0 Å². The van der Waals surface area contributed by atoms with Gasteiger partial charge in [0.15, 0.2) is 11.5 Å². The number of dihydropyridines is 1. The minimum absolute atomic E-state index is 0.0736. The molecule has 4 aliphatic rings. The highest BCUT2D eigenvalue weighted by Gasteiger charge is 2.38. The normalized spacial score (nSPS) is 33.2. The first kappa shape index (κ1) is 43.5. The fourth-order valence-electron chi connectivity index (χ4n) is 8.76. The summed E-state index contributed by atoms with van der Waals surface area (Å²) in [6, 6.07) is 9.31. The second-order valence-corrected chi connectivity index (χ2v) is 18.8. The lowest BCUT2D eigenvalue weighted by Gasteiger charge is -2.34. The molecule has 11 nitrogen and oxygen atoms in total. The van der Waals surface area contributed by atoms with E-state index in [1.165, 1.54) is 0 Å². The number of fused-ring (bicyclic) bond motifs is 2. The number of aliphatic hydroxyl groups excluding tert-OH is 5. The molecular formula is C44H62N4O7S2. The van der Waals surface area contributed by atoms with Crippen molar-refractivity contribution >= 4 is 21.6 Å². The lowest BCUT2D eigenvalue weighted by molar-refractivity contribution is -0.0214. The highest BCUT2D eigenvalue weighted by atomic mass is 33.1. The van der Waals surface area contributed by atoms with E-state index < -0.39 is 42.4 Å². The maximum Gasteiger partial charge on any atom is 0.161 e. The predicted octanol–water partition coefficient (Wildman–Crippen LogP) is 4.33. The van der Waals surface area contributed by atoms with Crippen LogP contribution < -0.4 is 21.1 Å². The zero-order valence-corrected chi connectivity index (χ0v) is 34.7. The summed E-state index contributed by atoms with van der Waals surface area (Å²) in [5.74, 6) is 7.35. The Bertz CT molecular complexity index is 1760. The molecule has 2 aliphatic heterocycles. The van der Waals surface area contributed by atoms with E-state index in [9.17, 15) is 30.6 Å². The van der Waals surface area contributed by atoms with Crippen molar-refractivity contribution in [3.05, 3.63) is 83.0 Å². The number of H-pyrrole nitrogens is 1. The molecule has 1 aromatic heterocycles. The third-order valence-electron chi connectivity index (χ3n) is 12.1. The van der Waals surface area contributed by atoms with E-state index in [1.807, 2.05) is 30.5 Å². The molecule has 2 aliphatic carbocycles. The Morgan fingerprint density at radius 2 is 1.89 bits per heavy atom. The maximum absolute atomic E-state index is 12.0. The predicted molar refractivity (Wildman–Crippen MR) is 228 cm³/mol. The minimum atomic E-state index is -1.04. The monoisotopic (exact) mass is 822 g/mol. The number of aromatic amines is 1. The summed E-state index contributed by atoms with van der Waals surface area (Å²) in [4.78, 5) is 3.33. The molecule has 13 heteroatoms. The summed E-state index contributed by atoms with van der Waals surface area (Å²) in [7, 11) is 3.23. The van der Waals surface area contributed by atoms with Gasteiger partial charge in [-0.25, -0.2) is 0 Å². The number of ether oxygens (including phenoxy) is 1. The molecule has 312 valence electrons. The third-order valence-corrected chi connectivity index (χ3v) is 14.5. The average molecular weight is 823 g/mol. The molecule has 0 unspecified atom stereocenters. The van der Waals surface area contributed by atoms with Crippen LogP contribution in [-0.4, -0.2) is 103 Å². The van der Waals surface area contributed by atoms with Gasteiger partial charge in [-0.3, -0.25) is 0 Å². The van der Waals surface area contributed by atoms with Crippen molar-refractivity contribution < 1.29 is 35.4 Å². The summed E-state index contributed by atoms with van der Waals surface area (Å²) < 4.78 is 6.69. The number of nitrogens with two attached hydrogens (primary N) is 1. The fourth-order valence-corrected chi connectivity index (χ4v) is 11.3. The van der Waals surface area contributed by atoms with Gasteiger partial charge in [-0.2, -0.15) is 0 Å². The SMILES string of the molecule is CC[C@H]1C#C[C@H]2C=C[C@H](c3ccc(O)c(O[C@H]4C[C@@H](Cc5ccc[nH]5)C5=CCNC(N)=C5CSSC[C@H](CO)[C@@H]4O)c3)C[C@@H](O)[C@H]2[C@@H](O)CC[C@@H](NC[C@H](C)O)C1. The fraction of sp³-hybridized carbons (Fsp3) is 0.591. The standard InChI is InChI=1S/C44H62N4O7S2/c1-3-27-6-7-28-8-9-29(19-39(53)42(28)38(52)13-11-34(17-27)48-22-26(2)50)30-10-12-37(51)40(20-30)55-41-21-31(18-33-5-4-15-46-33)35-14-16-47-44(45)36(35)25-57-56-24-32(23-49)43(41)54/h4-5,8-10,12,14-15,20,26-29,31-32,34,38-39,41-43,46-54H,3,11,13,16-19,21-25,45H2,1-2H3/t26-,27-,28-,29-,31+,32-,34+,38-,39+,41-,42+,43-/m0/s1. The van der Waals surface area contributed by atoms with Crippen LogP contribution in [0.5, 0.6) is 11.5 Å². The van der Waals surface area contributed by atoms with Crippen LogP contribution in [0.2, 0.25) is 0 Å². The Balaban J connectivity index is 1.28. The van der Waals surface area contributed by atoms with E-state index in [0.29, 0.717) is 62.5 Å². The smallest absolute Gasteiger partial charge is 0.161 e. The van der Waals surface area contributed by atoms with E-state index in [0.717, 1.165) is 35.2 Å². The first-order valence-electron chi connectivity index (χ1n) is 20.6. The van der Waals surface area contributed by atoms with Crippen LogP contribution in [0.15, 0.2) is 71.7 Å². The molecule has 1 saturated heterocycles. The van der Waals surface area contributed by atoms with Crippen molar-refractivity contribution in [3.8, 4) is 23.3 Å². The number of hydrogen-bond acceptors (Lipinski definition) is 12. The van der Waals surface area contributed by atoms with Crippen molar-refractivity contribution in [3.63, 3.8) is 0 Å². The number of phenols is 1. The molecule has 57 heavy (non-hydrogen) atoms. The Labute approximate surface area is 345 Å². The van der Waals surface area contributed by atoms with Gasteiger partial charge >= 0.3 is 0 Å². The summed E-state index contributed by atoms with van der Waals surface area (Å²) in [5, 5.41) is 73.7. The van der Waals surface area contributed by atoms with Gasteiger partial charge in [-0.1, -0.05) is 64.6 Å². The molecule has 0 spiro atoms. The van der Waals surface area contributed by atoms with Gasteiger partial charge < -0.3 is 56.7 Å². The summed E-state index contributed by atoms with van der Waals surface area (Å²) in [6.45, 7) is 4.72. The van der Waals surface area contributed by atoms with Crippen molar-refractivity contribution in [2.75, 3.05) is 31.2 Å². The first-order chi connectivity index (χ1) is 27.5. The van der Waals surface area contributed by atoms with Gasteiger partial charge in [-0.05, 0) is 93.2 Å². The molecule has 2 aromatic rings. The highest BCUT2D eigenvalue weighted by molar-refractivity contribution is 8.76. The van der Waals surface area contributed by atoms with Crippen LogP contribution in [0.3, 0.4) is 0 Å². The molecule has 0 bridgehead atoms. The molecule has 1 aromatic carbocycles. The molecule has 11 N–H and O–H groups in total. The number of rotatable bonds is 10. The Hall–Kier alpha value is -3.06. The number of aromatic nitrogens is 1. The van der Waals surface area contributed by atoms with Gasteiger partial charge in [0.05, 0.1) is 24.4 Å². The largest absolute Gasteiger partial charge is 0.504 e. The number of aromatic hydroxyl groups is 1. The van der Waals surface area contributed by atoms with Crippen molar-refractivity contribution in [2.24, 2.45) is 35.3 Å². The molecule has 0 saturated carbocycles. The second kappa shape index (κ2) is 20.8. The van der Waals surface area contributed by atoms with Crippen molar-refractivity contribution in [1.82, 2.24) is 15.6 Å². The van der Waals surface area contributed by atoms with Crippen LogP contribution in [0.25, 0.3) is 0 Å². The second-order valence-electron chi connectivity index (χ2n) is 16.3. The number of nitrogens with one attached hydrogen (secondary N) is 3. The van der Waals surface area contributed by atoms with Gasteiger partial charge in [-0.15, -0.1) is 0 Å². The lowest BCUT2D eigenvalue weighted by atomic mass is 9.78. The minimum Gasteiger partial charge on any atom is -0.504 e. The van der Waals surface area contributed by atoms with Crippen LogP contribution in [0, 0.1) is 41.4 Å². The molecular weight excluding hydrogens is 761 g/mol. The van der Waals surface area contributed by atoms with Gasteiger partial charge in [0.1, 0.15) is 11.9 Å². The van der Waals surface area contributed by atoms with Gasteiger partial charge in [0, 0.05) is 84.3 Å². The number of aliphatic hydroxyl groups is 5. The lowest BCUT2D eigenvalue weighted by Crippen LogP contribution is -2.42. The molecule has 0 amide bonds. The molecule has 6 rings (SSSR count). The van der Waals surface area contributed by atoms with Crippen LogP contribution >= 0.6 is 21.6 Å². The van der Waals surface area contributed by atoms with E-state index in [4.69, 9.17) is 10.5 Å². The summed E-state index contributed by atoms with van der Waals surface area (Å²) in [6.07, 6.45) is 8.50. The topological polar surface area (TPSA) is 196 Å². The molecule has 3 heterocycles. The zero-order valence-electron chi connectivity index (χ0n) is 33.1. The number of allylic oxidation sites excluding steroid dienone is 3. The van der Waals surface area contributed by atoms with Crippen LogP contribution in [0.4, 0.5) is 0 Å². The molecule has 0 radical (unpaired) electrons. The zero-order chi connectivity index (χ0) is 40.5. The third kappa shape index (κ3) is 11.4. The van der Waals surface area contributed by atoms with E-state index in [1.54, 1.807) is 40.6 Å². The first-order valence-corrected chi connectivity index (χ1v) is 23.1. The van der Waals surface area contributed by atoms with Crippen LogP contribution in [0.1, 0.15) is 69.5 Å². The Morgan fingerprint density at radius 3 is 2.65 bits per heavy atom. The Kier molecular flexibility index (Phi) is 15.9. The van der Waals surface area contributed by atoms with E-state index >= 15 is 0 Å². The van der Waals surface area contributed by atoms with Crippen molar-refractivity contribution in [1.29, 1.82) is 0 Å². The number of hydrogen-bond donors (Lipinski definition) is 10. The van der Waals surface area contributed by atoms with Crippen molar-refractivity contribution in [2.45, 2.75) is 101 Å². The van der Waals surface area contributed by atoms with E-state index in [2.05, 4.69) is 46.5 Å². The molecule has 1 fully saturated rings. The van der Waals surface area contributed by atoms with E-state index in [-0.39, 0.29) is 47.8 Å². The highest BCUT2D eigenvalue weighted by Crippen LogP contribution is 2.42. The summed E-state index contributed by atoms with van der Waals surface area (Å²) in [5.41, 5.74) is 10.5. The average Bonchev–Trinajstić information content (AvgIpc) is 3.64.